The number of H-pyrrole nitrogens is 1. The maximum Gasteiger partial charge on any atom is 0.233 e. The van der Waals surface area contributed by atoms with Crippen LogP contribution in [0.5, 0.6) is 0 Å². The monoisotopic (exact) mass is 393 g/mol. The SMILES string of the molecule is Nc1nc(Cl)nc(Nc2cc(-c3cc4ccccc4s3)c3[nH]ncc3c2)n1. The average Bonchev–Trinajstić information content (AvgIpc) is 3.26. The lowest BCUT2D eigenvalue weighted by molar-refractivity contribution is 1.07. The second kappa shape index (κ2) is 6.19. The molecule has 0 fully saturated rings. The van der Waals surface area contributed by atoms with Gasteiger partial charge in [-0.25, -0.2) is 0 Å². The van der Waals surface area contributed by atoms with Gasteiger partial charge >= 0.3 is 0 Å². The van der Waals surface area contributed by atoms with Gasteiger partial charge in [0.25, 0.3) is 0 Å². The molecule has 4 N–H and O–H groups in total. The first-order valence-electron chi connectivity index (χ1n) is 8.06. The maximum absolute atomic E-state index is 5.87. The van der Waals surface area contributed by atoms with Crippen molar-refractivity contribution in [1.82, 2.24) is 25.1 Å². The van der Waals surface area contributed by atoms with Crippen molar-refractivity contribution < 1.29 is 0 Å². The van der Waals surface area contributed by atoms with Gasteiger partial charge in [-0.05, 0) is 41.3 Å². The number of anilines is 3. The number of nitrogens with zero attached hydrogens (tertiary/aromatic N) is 4. The molecule has 0 unspecified atom stereocenters. The van der Waals surface area contributed by atoms with E-state index < -0.39 is 0 Å². The molecule has 0 saturated carbocycles. The zero-order valence-corrected chi connectivity index (χ0v) is 15.3. The predicted molar refractivity (Wildman–Crippen MR) is 109 cm³/mol. The van der Waals surface area contributed by atoms with Gasteiger partial charge in [0.05, 0.1) is 11.7 Å². The number of benzene rings is 2. The highest BCUT2D eigenvalue weighted by Crippen LogP contribution is 2.38. The Morgan fingerprint density at radius 2 is 1.93 bits per heavy atom. The van der Waals surface area contributed by atoms with Gasteiger partial charge in [0.2, 0.25) is 17.2 Å². The van der Waals surface area contributed by atoms with E-state index in [0.717, 1.165) is 27.0 Å². The van der Waals surface area contributed by atoms with E-state index in [-0.39, 0.29) is 17.2 Å². The Morgan fingerprint density at radius 3 is 2.78 bits per heavy atom. The number of nitrogen functional groups attached to an aromatic ring is 1. The largest absolute Gasteiger partial charge is 0.368 e. The van der Waals surface area contributed by atoms with Crippen LogP contribution in [0.4, 0.5) is 17.6 Å². The fraction of sp³-hybridized carbons (Fsp3) is 0. The summed E-state index contributed by atoms with van der Waals surface area (Å²) in [6.07, 6.45) is 1.78. The molecule has 27 heavy (non-hydrogen) atoms. The quantitative estimate of drug-likeness (QED) is 0.413. The smallest absolute Gasteiger partial charge is 0.233 e. The molecule has 0 aliphatic heterocycles. The zero-order valence-electron chi connectivity index (χ0n) is 13.8. The molecule has 0 atom stereocenters. The van der Waals surface area contributed by atoms with E-state index in [2.05, 4.69) is 48.7 Å². The minimum atomic E-state index is 0.0409. The van der Waals surface area contributed by atoms with Gasteiger partial charge < -0.3 is 11.1 Å². The van der Waals surface area contributed by atoms with Crippen LogP contribution in [0.2, 0.25) is 5.28 Å². The number of thiophene rings is 1. The highest BCUT2D eigenvalue weighted by molar-refractivity contribution is 7.22. The van der Waals surface area contributed by atoms with Crippen molar-refractivity contribution in [2.75, 3.05) is 11.1 Å². The minimum Gasteiger partial charge on any atom is -0.368 e. The van der Waals surface area contributed by atoms with Crippen LogP contribution in [-0.4, -0.2) is 25.1 Å². The second-order valence-corrected chi connectivity index (χ2v) is 7.34. The summed E-state index contributed by atoms with van der Waals surface area (Å²) in [6, 6.07) is 14.5. The first-order chi connectivity index (χ1) is 13.2. The van der Waals surface area contributed by atoms with Crippen molar-refractivity contribution in [2.24, 2.45) is 0 Å². The lowest BCUT2D eigenvalue weighted by Gasteiger charge is -2.08. The van der Waals surface area contributed by atoms with Crippen LogP contribution in [0.25, 0.3) is 31.4 Å². The first-order valence-corrected chi connectivity index (χ1v) is 9.25. The van der Waals surface area contributed by atoms with Gasteiger partial charge in [0.1, 0.15) is 0 Å². The standard InChI is InChI=1S/C18H12ClN7S/c19-16-23-17(20)25-18(24-16)22-11-5-10-8-21-26-15(10)12(7-11)14-6-9-3-1-2-4-13(9)27-14/h1-8H,(H,21,26)(H3,20,22,23,24,25). The lowest BCUT2D eigenvalue weighted by Crippen LogP contribution is -2.03. The van der Waals surface area contributed by atoms with Crippen LogP contribution in [0, 0.1) is 0 Å². The molecule has 0 radical (unpaired) electrons. The van der Waals surface area contributed by atoms with E-state index in [1.165, 1.54) is 10.1 Å². The van der Waals surface area contributed by atoms with E-state index in [9.17, 15) is 0 Å². The van der Waals surface area contributed by atoms with Crippen molar-refractivity contribution >= 4 is 61.5 Å². The molecule has 5 aromatic rings. The number of aromatic amines is 1. The third kappa shape index (κ3) is 2.94. The molecule has 0 aliphatic rings. The Kier molecular flexibility index (Phi) is 3.66. The summed E-state index contributed by atoms with van der Waals surface area (Å²) in [5, 5.41) is 12.6. The Labute approximate surface area is 162 Å². The van der Waals surface area contributed by atoms with Crippen molar-refractivity contribution in [1.29, 1.82) is 0 Å². The van der Waals surface area contributed by atoms with E-state index in [0.29, 0.717) is 0 Å². The molecule has 7 nitrogen and oxygen atoms in total. The van der Waals surface area contributed by atoms with Crippen LogP contribution in [0.3, 0.4) is 0 Å². The number of fused-ring (bicyclic) bond motifs is 2. The summed E-state index contributed by atoms with van der Waals surface area (Å²) < 4.78 is 1.23. The molecule has 0 aliphatic carbocycles. The Bertz CT molecular complexity index is 1240. The van der Waals surface area contributed by atoms with Gasteiger partial charge in [-0.1, -0.05) is 18.2 Å². The van der Waals surface area contributed by atoms with Crippen molar-refractivity contribution in [3.8, 4) is 10.4 Å². The summed E-state index contributed by atoms with van der Waals surface area (Å²) in [5.74, 6) is 0.351. The third-order valence-electron chi connectivity index (χ3n) is 4.12. The molecule has 3 heterocycles. The van der Waals surface area contributed by atoms with Crippen molar-refractivity contribution in [3.05, 3.63) is 53.9 Å². The van der Waals surface area contributed by atoms with Crippen molar-refractivity contribution in [2.45, 2.75) is 0 Å². The Morgan fingerprint density at radius 1 is 1.04 bits per heavy atom. The van der Waals surface area contributed by atoms with Gasteiger partial charge in [0, 0.05) is 26.2 Å². The second-order valence-electron chi connectivity index (χ2n) is 5.92. The maximum atomic E-state index is 5.87. The van der Waals surface area contributed by atoms with Crippen LogP contribution in [0.15, 0.2) is 48.7 Å². The number of nitrogens with two attached hydrogens (primary N) is 1. The molecule has 0 bridgehead atoms. The van der Waals surface area contributed by atoms with Gasteiger partial charge in [-0.3, -0.25) is 5.10 Å². The molecule has 9 heteroatoms. The molecule has 132 valence electrons. The van der Waals surface area contributed by atoms with E-state index in [4.69, 9.17) is 17.3 Å². The summed E-state index contributed by atoms with van der Waals surface area (Å²) in [7, 11) is 0. The van der Waals surface area contributed by atoms with E-state index >= 15 is 0 Å². The molecular weight excluding hydrogens is 382 g/mol. The number of hydrogen-bond donors (Lipinski definition) is 3. The normalized spacial score (nSPS) is 11.3. The third-order valence-corrected chi connectivity index (χ3v) is 5.44. The summed E-state index contributed by atoms with van der Waals surface area (Å²) in [6.45, 7) is 0. The highest BCUT2D eigenvalue weighted by Gasteiger charge is 2.12. The van der Waals surface area contributed by atoms with E-state index in [1.807, 2.05) is 24.3 Å². The lowest BCUT2D eigenvalue weighted by atomic mass is 10.1. The van der Waals surface area contributed by atoms with Gasteiger partial charge in [-0.15, -0.1) is 11.3 Å². The Hall–Kier alpha value is -3.23. The molecule has 0 amide bonds. The summed E-state index contributed by atoms with van der Waals surface area (Å²) >= 11 is 7.60. The minimum absolute atomic E-state index is 0.0409. The molecule has 3 aromatic heterocycles. The molecule has 0 spiro atoms. The number of rotatable bonds is 3. The number of hydrogen-bond acceptors (Lipinski definition) is 7. The highest BCUT2D eigenvalue weighted by atomic mass is 35.5. The summed E-state index contributed by atoms with van der Waals surface area (Å²) in [5.41, 5.74) is 8.47. The van der Waals surface area contributed by atoms with Crippen LogP contribution < -0.4 is 11.1 Å². The number of nitrogens with one attached hydrogen (secondary N) is 2. The Balaban J connectivity index is 1.64. The van der Waals surface area contributed by atoms with Gasteiger partial charge in [0.15, 0.2) is 0 Å². The molecule has 2 aromatic carbocycles. The zero-order chi connectivity index (χ0) is 18.4. The van der Waals surface area contributed by atoms with Crippen LogP contribution >= 0.6 is 22.9 Å². The topological polar surface area (TPSA) is 105 Å². The van der Waals surface area contributed by atoms with Crippen molar-refractivity contribution in [3.63, 3.8) is 0 Å². The first kappa shape index (κ1) is 16.0. The fourth-order valence-corrected chi connectivity index (χ4v) is 4.24. The van der Waals surface area contributed by atoms with Crippen LogP contribution in [-0.2, 0) is 0 Å². The average molecular weight is 394 g/mol. The molecule has 0 saturated heterocycles. The molecular formula is C18H12ClN7S. The summed E-state index contributed by atoms with van der Waals surface area (Å²) in [4.78, 5) is 13.1. The number of aromatic nitrogens is 5. The molecule has 5 rings (SSSR count). The van der Waals surface area contributed by atoms with Gasteiger partial charge in [-0.2, -0.15) is 20.1 Å². The van der Waals surface area contributed by atoms with E-state index in [1.54, 1.807) is 17.5 Å². The number of halogens is 1. The fourth-order valence-electron chi connectivity index (χ4n) is 2.99. The predicted octanol–water partition coefficient (Wildman–Crippen LogP) is 4.61. The van der Waals surface area contributed by atoms with Crippen LogP contribution in [0.1, 0.15) is 0 Å².